The highest BCUT2D eigenvalue weighted by atomic mass is 35.5. The standard InChI is InChI=1S/C11H15ClN6O2/c1-11(2,3)20-10(19)13-9-8(12)15-18(16-9)7-5-6-17(4)14-7/h5-6H,1-4H3,(H,13,16,19). The lowest BCUT2D eigenvalue weighted by atomic mass is 10.2. The number of halogens is 1. The molecule has 2 aromatic rings. The Morgan fingerprint density at radius 3 is 2.60 bits per heavy atom. The van der Waals surface area contributed by atoms with E-state index in [1.54, 1.807) is 44.8 Å². The Morgan fingerprint density at radius 2 is 2.05 bits per heavy atom. The molecule has 0 bridgehead atoms. The van der Waals surface area contributed by atoms with Crippen LogP contribution in [0.5, 0.6) is 0 Å². The molecule has 0 fully saturated rings. The topological polar surface area (TPSA) is 86.9 Å². The summed E-state index contributed by atoms with van der Waals surface area (Å²) in [6, 6.07) is 1.72. The van der Waals surface area contributed by atoms with Crippen molar-refractivity contribution in [2.45, 2.75) is 26.4 Å². The largest absolute Gasteiger partial charge is 0.444 e. The summed E-state index contributed by atoms with van der Waals surface area (Å²) in [6.45, 7) is 5.29. The van der Waals surface area contributed by atoms with E-state index in [4.69, 9.17) is 16.3 Å². The number of carbonyl (C=O) groups excluding carboxylic acids is 1. The van der Waals surface area contributed by atoms with Crippen molar-refractivity contribution >= 4 is 23.5 Å². The Hall–Kier alpha value is -2.09. The molecule has 9 heteroatoms. The second kappa shape index (κ2) is 5.12. The molecule has 2 aromatic heterocycles. The summed E-state index contributed by atoms with van der Waals surface area (Å²) in [5.74, 6) is 0.609. The lowest BCUT2D eigenvalue weighted by Crippen LogP contribution is -2.27. The molecule has 0 saturated heterocycles. The van der Waals surface area contributed by atoms with Crippen LogP contribution in [-0.4, -0.2) is 36.5 Å². The fourth-order valence-electron chi connectivity index (χ4n) is 1.38. The van der Waals surface area contributed by atoms with Gasteiger partial charge in [-0.25, -0.2) is 4.79 Å². The third-order valence-electron chi connectivity index (χ3n) is 2.10. The van der Waals surface area contributed by atoms with E-state index in [0.717, 1.165) is 0 Å². The van der Waals surface area contributed by atoms with Crippen molar-refractivity contribution in [2.75, 3.05) is 5.32 Å². The summed E-state index contributed by atoms with van der Waals surface area (Å²) in [4.78, 5) is 12.9. The van der Waals surface area contributed by atoms with Gasteiger partial charge in [0.15, 0.2) is 16.8 Å². The average molecular weight is 299 g/mol. The number of anilines is 1. The number of amides is 1. The number of hydrogen-bond donors (Lipinski definition) is 1. The molecule has 1 N–H and O–H groups in total. The number of rotatable bonds is 2. The van der Waals surface area contributed by atoms with Gasteiger partial charge in [0.2, 0.25) is 0 Å². The van der Waals surface area contributed by atoms with Crippen LogP contribution in [0, 0.1) is 0 Å². The van der Waals surface area contributed by atoms with Gasteiger partial charge in [-0.05, 0) is 20.8 Å². The SMILES string of the molecule is Cn1ccc(-n2nc(Cl)c(NC(=O)OC(C)(C)C)n2)n1. The predicted octanol–water partition coefficient (Wildman–Crippen LogP) is 2.00. The number of ether oxygens (including phenoxy) is 1. The van der Waals surface area contributed by atoms with Crippen LogP contribution in [0.4, 0.5) is 10.6 Å². The van der Waals surface area contributed by atoms with Crippen molar-refractivity contribution in [3.05, 3.63) is 17.4 Å². The first kappa shape index (κ1) is 14.3. The van der Waals surface area contributed by atoms with Gasteiger partial charge in [0.1, 0.15) is 5.60 Å². The van der Waals surface area contributed by atoms with E-state index in [9.17, 15) is 4.79 Å². The van der Waals surface area contributed by atoms with Crippen molar-refractivity contribution in [1.29, 1.82) is 0 Å². The molecule has 108 valence electrons. The maximum absolute atomic E-state index is 11.6. The monoisotopic (exact) mass is 298 g/mol. The first-order valence-corrected chi connectivity index (χ1v) is 6.25. The minimum absolute atomic E-state index is 0.0570. The van der Waals surface area contributed by atoms with E-state index >= 15 is 0 Å². The maximum atomic E-state index is 11.6. The van der Waals surface area contributed by atoms with E-state index in [1.165, 1.54) is 4.80 Å². The summed E-state index contributed by atoms with van der Waals surface area (Å²) in [5.41, 5.74) is -0.604. The van der Waals surface area contributed by atoms with Crippen LogP contribution in [0.15, 0.2) is 12.3 Å². The quantitative estimate of drug-likeness (QED) is 0.916. The lowest BCUT2D eigenvalue weighted by molar-refractivity contribution is 0.0635. The normalized spacial score (nSPS) is 11.4. The van der Waals surface area contributed by atoms with Crippen molar-refractivity contribution in [1.82, 2.24) is 24.8 Å². The van der Waals surface area contributed by atoms with Gasteiger partial charge >= 0.3 is 6.09 Å². The fourth-order valence-corrected chi connectivity index (χ4v) is 1.53. The molecular weight excluding hydrogens is 284 g/mol. The number of hydrogen-bond acceptors (Lipinski definition) is 5. The highest BCUT2D eigenvalue weighted by Gasteiger charge is 2.19. The summed E-state index contributed by atoms with van der Waals surface area (Å²) in [7, 11) is 1.77. The maximum Gasteiger partial charge on any atom is 0.413 e. The van der Waals surface area contributed by atoms with Gasteiger partial charge in [-0.1, -0.05) is 11.6 Å². The minimum atomic E-state index is -0.646. The molecule has 0 spiro atoms. The van der Waals surface area contributed by atoms with Gasteiger partial charge in [0.05, 0.1) is 0 Å². The molecule has 0 aliphatic heterocycles. The molecule has 1 amide bonds. The van der Waals surface area contributed by atoms with Crippen LogP contribution >= 0.6 is 11.6 Å². The molecule has 20 heavy (non-hydrogen) atoms. The number of nitrogens with zero attached hydrogens (tertiary/aromatic N) is 5. The molecule has 0 aliphatic rings. The zero-order valence-electron chi connectivity index (χ0n) is 11.6. The summed E-state index contributed by atoms with van der Waals surface area (Å²) in [6.07, 6.45) is 1.10. The smallest absolute Gasteiger partial charge is 0.413 e. The van der Waals surface area contributed by atoms with Gasteiger partial charge in [0.25, 0.3) is 0 Å². The van der Waals surface area contributed by atoms with E-state index in [0.29, 0.717) is 5.82 Å². The molecular formula is C11H15ClN6O2. The average Bonchev–Trinajstić information content (AvgIpc) is 2.84. The van der Waals surface area contributed by atoms with Crippen LogP contribution in [0.1, 0.15) is 20.8 Å². The third-order valence-corrected chi connectivity index (χ3v) is 2.35. The Kier molecular flexibility index (Phi) is 3.67. The summed E-state index contributed by atoms with van der Waals surface area (Å²) < 4.78 is 6.71. The van der Waals surface area contributed by atoms with Crippen LogP contribution < -0.4 is 5.32 Å². The van der Waals surface area contributed by atoms with Crippen LogP contribution in [0.25, 0.3) is 5.82 Å². The lowest BCUT2D eigenvalue weighted by Gasteiger charge is -2.18. The molecule has 2 rings (SSSR count). The van der Waals surface area contributed by atoms with Gasteiger partial charge in [-0.2, -0.15) is 5.10 Å². The molecule has 2 heterocycles. The number of aromatic nitrogens is 5. The Labute approximate surface area is 120 Å². The van der Waals surface area contributed by atoms with Gasteiger partial charge in [-0.3, -0.25) is 10.00 Å². The minimum Gasteiger partial charge on any atom is -0.444 e. The van der Waals surface area contributed by atoms with E-state index in [-0.39, 0.29) is 11.0 Å². The predicted molar refractivity (Wildman–Crippen MR) is 73.0 cm³/mol. The highest BCUT2D eigenvalue weighted by molar-refractivity contribution is 6.32. The number of nitrogens with one attached hydrogen (secondary N) is 1. The second-order valence-electron chi connectivity index (χ2n) is 5.10. The molecule has 0 aliphatic carbocycles. The van der Waals surface area contributed by atoms with Crippen LogP contribution in [0.2, 0.25) is 5.15 Å². The first-order valence-electron chi connectivity index (χ1n) is 5.87. The third kappa shape index (κ3) is 3.47. The van der Waals surface area contributed by atoms with Crippen LogP contribution in [0.3, 0.4) is 0 Å². The Balaban J connectivity index is 2.14. The highest BCUT2D eigenvalue weighted by Crippen LogP contribution is 2.18. The van der Waals surface area contributed by atoms with Gasteiger partial charge < -0.3 is 4.74 Å². The molecule has 0 atom stereocenters. The van der Waals surface area contributed by atoms with Crippen molar-refractivity contribution in [3.8, 4) is 5.82 Å². The molecule has 0 saturated carbocycles. The second-order valence-corrected chi connectivity index (χ2v) is 5.46. The zero-order valence-corrected chi connectivity index (χ0v) is 12.3. The van der Waals surface area contributed by atoms with Crippen molar-refractivity contribution in [3.63, 3.8) is 0 Å². The first-order chi connectivity index (χ1) is 9.24. The molecule has 0 unspecified atom stereocenters. The number of carbonyl (C=O) groups is 1. The number of aryl methyl sites for hydroxylation is 1. The Bertz CT molecular complexity index is 627. The summed E-state index contributed by atoms with van der Waals surface area (Å²) >= 11 is 5.92. The molecule has 8 nitrogen and oxygen atoms in total. The molecule has 0 aromatic carbocycles. The Morgan fingerprint density at radius 1 is 1.35 bits per heavy atom. The molecule has 0 radical (unpaired) electrons. The van der Waals surface area contributed by atoms with Gasteiger partial charge in [0, 0.05) is 19.3 Å². The zero-order chi connectivity index (χ0) is 14.9. The van der Waals surface area contributed by atoms with Crippen LogP contribution in [-0.2, 0) is 11.8 Å². The van der Waals surface area contributed by atoms with E-state index in [1.807, 2.05) is 0 Å². The van der Waals surface area contributed by atoms with E-state index < -0.39 is 11.7 Å². The summed E-state index contributed by atoms with van der Waals surface area (Å²) in [5, 5.41) is 14.6. The van der Waals surface area contributed by atoms with E-state index in [2.05, 4.69) is 20.6 Å². The van der Waals surface area contributed by atoms with Crippen molar-refractivity contribution < 1.29 is 9.53 Å². The van der Waals surface area contributed by atoms with Crippen molar-refractivity contribution in [2.24, 2.45) is 7.05 Å². The fraction of sp³-hybridized carbons (Fsp3) is 0.455. The van der Waals surface area contributed by atoms with Gasteiger partial charge in [-0.15, -0.1) is 15.0 Å².